The number of nitrogens with one attached hydrogen (secondary N) is 1. The van der Waals surface area contributed by atoms with E-state index in [-0.39, 0.29) is 5.91 Å². The van der Waals surface area contributed by atoms with Crippen LogP contribution < -0.4 is 5.32 Å². The van der Waals surface area contributed by atoms with Crippen LogP contribution in [0.4, 0.5) is 0 Å². The summed E-state index contributed by atoms with van der Waals surface area (Å²) in [6, 6.07) is 6.70. The van der Waals surface area contributed by atoms with Crippen molar-refractivity contribution in [1.29, 1.82) is 0 Å². The number of fused-ring (bicyclic) bond motifs is 1. The van der Waals surface area contributed by atoms with Crippen LogP contribution in [0.25, 0.3) is 10.9 Å². The smallest absolute Gasteiger partial charge is 0.326 e. The van der Waals surface area contributed by atoms with E-state index < -0.39 is 12.0 Å². The Hall–Kier alpha value is -2.34. The molecule has 2 N–H and O–H groups in total. The van der Waals surface area contributed by atoms with Crippen LogP contribution in [0.5, 0.6) is 0 Å². The van der Waals surface area contributed by atoms with Crippen molar-refractivity contribution in [3.63, 3.8) is 0 Å². The van der Waals surface area contributed by atoms with E-state index in [0.717, 1.165) is 10.9 Å². The highest BCUT2D eigenvalue weighted by Gasteiger charge is 2.22. The van der Waals surface area contributed by atoms with Gasteiger partial charge in [0.25, 0.3) is 5.91 Å². The molecule has 1 heterocycles. The van der Waals surface area contributed by atoms with E-state index in [1.54, 1.807) is 13.3 Å². The number of ether oxygens (including phenoxy) is 1. The van der Waals surface area contributed by atoms with Crippen molar-refractivity contribution in [3.05, 3.63) is 36.0 Å². The molecule has 0 saturated carbocycles. The molecule has 2 rings (SSSR count). The van der Waals surface area contributed by atoms with Crippen molar-refractivity contribution in [1.82, 2.24) is 9.88 Å². The van der Waals surface area contributed by atoms with Crippen LogP contribution in [0.3, 0.4) is 0 Å². The average Bonchev–Trinajstić information content (AvgIpc) is 2.91. The maximum absolute atomic E-state index is 12.5. The zero-order valence-corrected chi connectivity index (χ0v) is 13.4. The second-order valence-corrected chi connectivity index (χ2v) is 5.40. The third-order valence-corrected chi connectivity index (χ3v) is 3.75. The molecule has 6 nitrogen and oxygen atoms in total. The van der Waals surface area contributed by atoms with E-state index >= 15 is 0 Å². The van der Waals surface area contributed by atoms with Crippen LogP contribution in [-0.4, -0.2) is 41.3 Å². The fourth-order valence-corrected chi connectivity index (χ4v) is 2.58. The van der Waals surface area contributed by atoms with Crippen molar-refractivity contribution in [3.8, 4) is 0 Å². The molecule has 0 bridgehead atoms. The number of carboxylic acids is 1. The zero-order chi connectivity index (χ0) is 16.8. The van der Waals surface area contributed by atoms with Gasteiger partial charge in [0, 0.05) is 30.8 Å². The number of rotatable bonds is 8. The Labute approximate surface area is 135 Å². The van der Waals surface area contributed by atoms with Gasteiger partial charge >= 0.3 is 5.97 Å². The first-order chi connectivity index (χ1) is 11.1. The summed E-state index contributed by atoms with van der Waals surface area (Å²) in [6.45, 7) is 3.05. The molecule has 1 atom stereocenters. The van der Waals surface area contributed by atoms with Gasteiger partial charge in [-0.1, -0.05) is 31.5 Å². The number of para-hydroxylation sites is 1. The standard InChI is InChI=1S/C17H22N2O4/c1-3-6-14(17(21)22)18-16(20)13-11-19(9-10-23-2)15-8-5-4-7-12(13)15/h4-5,7-8,11,14H,3,6,9-10H2,1-2H3,(H,18,20)(H,21,22). The lowest BCUT2D eigenvalue weighted by Gasteiger charge is -2.13. The predicted molar refractivity (Wildman–Crippen MR) is 87.6 cm³/mol. The van der Waals surface area contributed by atoms with Crippen molar-refractivity contribution < 1.29 is 19.4 Å². The Morgan fingerprint density at radius 1 is 1.35 bits per heavy atom. The number of methoxy groups -OCH3 is 1. The number of carboxylic acid groups (broad SMARTS) is 1. The predicted octanol–water partition coefficient (Wildman–Crippen LogP) is 2.27. The molecule has 1 unspecified atom stereocenters. The minimum absolute atomic E-state index is 0.363. The van der Waals surface area contributed by atoms with Gasteiger partial charge in [-0.2, -0.15) is 0 Å². The van der Waals surface area contributed by atoms with Gasteiger partial charge in [-0.15, -0.1) is 0 Å². The molecule has 124 valence electrons. The molecule has 0 aliphatic heterocycles. The largest absolute Gasteiger partial charge is 0.480 e. The number of nitrogens with zero attached hydrogens (tertiary/aromatic N) is 1. The second-order valence-electron chi connectivity index (χ2n) is 5.40. The van der Waals surface area contributed by atoms with Gasteiger partial charge in [-0.25, -0.2) is 4.79 Å². The highest BCUT2D eigenvalue weighted by atomic mass is 16.5. The van der Waals surface area contributed by atoms with Gasteiger partial charge in [0.1, 0.15) is 6.04 Å². The Balaban J connectivity index is 2.31. The number of benzene rings is 1. The summed E-state index contributed by atoms with van der Waals surface area (Å²) in [4.78, 5) is 23.7. The summed E-state index contributed by atoms with van der Waals surface area (Å²) in [5.41, 5.74) is 1.41. The Morgan fingerprint density at radius 2 is 2.09 bits per heavy atom. The molecule has 0 spiro atoms. The zero-order valence-electron chi connectivity index (χ0n) is 13.4. The van der Waals surface area contributed by atoms with Gasteiger partial charge in [0.2, 0.25) is 0 Å². The molecular weight excluding hydrogens is 296 g/mol. The first-order valence-electron chi connectivity index (χ1n) is 7.69. The lowest BCUT2D eigenvalue weighted by atomic mass is 10.1. The summed E-state index contributed by atoms with van der Waals surface area (Å²) in [5.74, 6) is -1.37. The minimum atomic E-state index is -1.01. The Bertz CT molecular complexity index is 693. The number of carbonyl (C=O) groups excluding carboxylic acids is 1. The molecule has 1 aromatic carbocycles. The fourth-order valence-electron chi connectivity index (χ4n) is 2.58. The molecule has 0 radical (unpaired) electrons. The van der Waals surface area contributed by atoms with Crippen molar-refractivity contribution in [2.75, 3.05) is 13.7 Å². The molecule has 23 heavy (non-hydrogen) atoms. The second kappa shape index (κ2) is 7.78. The van der Waals surface area contributed by atoms with Crippen molar-refractivity contribution in [2.24, 2.45) is 0 Å². The summed E-state index contributed by atoms with van der Waals surface area (Å²) in [5, 5.41) is 12.6. The van der Waals surface area contributed by atoms with Crippen LogP contribution in [0.1, 0.15) is 30.1 Å². The monoisotopic (exact) mass is 318 g/mol. The summed E-state index contributed by atoms with van der Waals surface area (Å²) in [7, 11) is 1.63. The molecule has 6 heteroatoms. The van der Waals surface area contributed by atoms with Gasteiger partial charge in [0.05, 0.1) is 12.2 Å². The van der Waals surface area contributed by atoms with Crippen LogP contribution in [0.2, 0.25) is 0 Å². The number of carbonyl (C=O) groups is 2. The lowest BCUT2D eigenvalue weighted by Crippen LogP contribution is -2.40. The van der Waals surface area contributed by atoms with E-state index in [1.807, 2.05) is 35.8 Å². The maximum atomic E-state index is 12.5. The molecular formula is C17H22N2O4. The maximum Gasteiger partial charge on any atom is 0.326 e. The number of hydrogen-bond donors (Lipinski definition) is 2. The highest BCUT2D eigenvalue weighted by Crippen LogP contribution is 2.21. The van der Waals surface area contributed by atoms with Gasteiger partial charge in [-0.3, -0.25) is 4.79 Å². The molecule has 1 amide bonds. The third-order valence-electron chi connectivity index (χ3n) is 3.75. The Kier molecular flexibility index (Phi) is 5.76. The third kappa shape index (κ3) is 3.90. The Morgan fingerprint density at radius 3 is 2.74 bits per heavy atom. The first kappa shape index (κ1) is 17.0. The fraction of sp³-hybridized carbons (Fsp3) is 0.412. The van der Waals surface area contributed by atoms with Crippen LogP contribution in [0.15, 0.2) is 30.5 Å². The quantitative estimate of drug-likeness (QED) is 0.782. The number of hydrogen-bond acceptors (Lipinski definition) is 3. The van der Waals surface area contributed by atoms with Crippen molar-refractivity contribution in [2.45, 2.75) is 32.4 Å². The topological polar surface area (TPSA) is 80.6 Å². The molecule has 0 aliphatic carbocycles. The SMILES string of the molecule is CCCC(NC(=O)c1cn(CCOC)c2ccccc12)C(=O)O. The number of aliphatic carboxylic acids is 1. The van der Waals surface area contributed by atoms with Gasteiger partial charge < -0.3 is 19.7 Å². The first-order valence-corrected chi connectivity index (χ1v) is 7.69. The van der Waals surface area contributed by atoms with Crippen LogP contribution in [0, 0.1) is 0 Å². The van der Waals surface area contributed by atoms with Crippen molar-refractivity contribution >= 4 is 22.8 Å². The highest BCUT2D eigenvalue weighted by molar-refractivity contribution is 6.07. The van der Waals surface area contributed by atoms with Crippen LogP contribution in [-0.2, 0) is 16.1 Å². The van der Waals surface area contributed by atoms with Gasteiger partial charge in [-0.05, 0) is 12.5 Å². The molecule has 0 saturated heterocycles. The van der Waals surface area contributed by atoms with E-state index in [4.69, 9.17) is 4.74 Å². The summed E-state index contributed by atoms with van der Waals surface area (Å²) in [6.07, 6.45) is 2.85. The molecule has 0 aliphatic rings. The lowest BCUT2D eigenvalue weighted by molar-refractivity contribution is -0.139. The summed E-state index contributed by atoms with van der Waals surface area (Å²) < 4.78 is 7.04. The van der Waals surface area contributed by atoms with E-state index in [1.165, 1.54) is 0 Å². The average molecular weight is 318 g/mol. The van der Waals surface area contributed by atoms with E-state index in [2.05, 4.69) is 5.32 Å². The molecule has 0 fully saturated rings. The number of amides is 1. The van der Waals surface area contributed by atoms with E-state index in [0.29, 0.717) is 31.6 Å². The normalized spacial score (nSPS) is 12.3. The minimum Gasteiger partial charge on any atom is -0.480 e. The molecule has 2 aromatic rings. The van der Waals surface area contributed by atoms with E-state index in [9.17, 15) is 14.7 Å². The van der Waals surface area contributed by atoms with Gasteiger partial charge in [0.15, 0.2) is 0 Å². The molecule has 1 aromatic heterocycles. The number of aromatic nitrogens is 1. The van der Waals surface area contributed by atoms with Crippen LogP contribution >= 0.6 is 0 Å². The summed E-state index contributed by atoms with van der Waals surface area (Å²) >= 11 is 0.